The van der Waals surface area contributed by atoms with E-state index >= 15 is 0 Å². The number of hydrogen-bond acceptors (Lipinski definition) is 5. The van der Waals surface area contributed by atoms with Crippen molar-refractivity contribution in [2.45, 2.75) is 76.5 Å². The minimum Gasteiger partial charge on any atom is -0.507 e. The lowest BCUT2D eigenvalue weighted by atomic mass is 9.73. The predicted molar refractivity (Wildman–Crippen MR) is 143 cm³/mol. The highest BCUT2D eigenvalue weighted by Crippen LogP contribution is 2.49. The van der Waals surface area contributed by atoms with E-state index in [0.717, 1.165) is 36.8 Å². The molecule has 1 aliphatic carbocycles. The lowest BCUT2D eigenvalue weighted by Crippen LogP contribution is -2.32. The molecular weight excluding hydrogens is 474 g/mol. The number of hydrogen-bond donors (Lipinski definition) is 3. The maximum Gasteiger partial charge on any atom is 0.268 e. The Morgan fingerprint density at radius 3 is 2.50 bits per heavy atom. The molecule has 0 aromatic heterocycles. The van der Waals surface area contributed by atoms with Crippen LogP contribution in [-0.4, -0.2) is 24.5 Å². The van der Waals surface area contributed by atoms with Gasteiger partial charge in [-0.15, -0.1) is 0 Å². The summed E-state index contributed by atoms with van der Waals surface area (Å²) in [6.07, 6.45) is 6.34. The van der Waals surface area contributed by atoms with Crippen LogP contribution < -0.4 is 4.72 Å². The second-order valence-electron chi connectivity index (χ2n) is 9.82. The number of benzene rings is 2. The first-order chi connectivity index (χ1) is 17.0. The first-order valence-electron chi connectivity index (χ1n) is 12.5. The fourth-order valence-corrected chi connectivity index (χ4v) is 6.35. The van der Waals surface area contributed by atoms with Crippen LogP contribution in [0.1, 0.15) is 75.5 Å². The summed E-state index contributed by atoms with van der Waals surface area (Å²) in [7, 11) is -4.41. The Balaban J connectivity index is 2.09. The van der Waals surface area contributed by atoms with Crippen LogP contribution in [0.4, 0.5) is 0 Å². The number of sulfonamides is 1. The van der Waals surface area contributed by atoms with Crippen molar-refractivity contribution in [3.8, 4) is 11.5 Å². The molecule has 0 spiro atoms. The molecular formula is C29H37NO5S. The van der Waals surface area contributed by atoms with Gasteiger partial charge in [-0.25, -0.2) is 13.1 Å². The van der Waals surface area contributed by atoms with Crippen LogP contribution in [0.3, 0.4) is 0 Å². The van der Waals surface area contributed by atoms with Crippen LogP contribution in [0, 0.1) is 5.92 Å². The number of aromatic hydroxyl groups is 2. The average Bonchev–Trinajstić information content (AvgIpc) is 2.79. The summed E-state index contributed by atoms with van der Waals surface area (Å²) in [5.41, 5.74) is 3.14. The summed E-state index contributed by atoms with van der Waals surface area (Å²) in [5.74, 6) is -1.81. The third kappa shape index (κ3) is 6.38. The van der Waals surface area contributed by atoms with Gasteiger partial charge in [0.2, 0.25) is 5.91 Å². The van der Waals surface area contributed by atoms with Gasteiger partial charge in [-0.2, -0.15) is 0 Å². The standard InChI is InChI=1S/C29H37NO5S/c1-5-6-8-13-22-18-25(31)27(24-16-20(4)14-15-23(24)19(2)3)28(33)29(22)36(34,35)30-26(32)17-21-11-9-7-10-12-21/h7,9-12,16,18,23-24,31,33H,2,5-6,8,13-15,17H2,1,3-4H3,(H,30,32). The van der Waals surface area contributed by atoms with Crippen LogP contribution in [-0.2, 0) is 27.7 Å². The number of rotatable bonds is 10. The zero-order valence-electron chi connectivity index (χ0n) is 21.4. The van der Waals surface area contributed by atoms with Gasteiger partial charge in [0.25, 0.3) is 10.0 Å². The molecule has 2 aromatic rings. The number of aryl methyl sites for hydroxylation is 1. The number of carbonyl (C=O) groups is 1. The number of amides is 1. The zero-order chi connectivity index (χ0) is 26.5. The molecule has 0 aliphatic heterocycles. The van der Waals surface area contributed by atoms with Crippen LogP contribution in [0.15, 0.2) is 65.1 Å². The molecule has 194 valence electrons. The normalized spacial score (nSPS) is 17.9. The summed E-state index contributed by atoms with van der Waals surface area (Å²) >= 11 is 0. The van der Waals surface area contributed by atoms with E-state index < -0.39 is 27.6 Å². The molecule has 1 amide bonds. The van der Waals surface area contributed by atoms with E-state index in [4.69, 9.17) is 0 Å². The summed E-state index contributed by atoms with van der Waals surface area (Å²) < 4.78 is 29.2. The second kappa shape index (κ2) is 11.8. The van der Waals surface area contributed by atoms with Crippen molar-refractivity contribution in [2.24, 2.45) is 5.92 Å². The molecule has 0 bridgehead atoms. The third-order valence-electron chi connectivity index (χ3n) is 6.84. The summed E-state index contributed by atoms with van der Waals surface area (Å²) in [6, 6.07) is 10.3. The lowest BCUT2D eigenvalue weighted by Gasteiger charge is -2.32. The molecule has 0 saturated heterocycles. The summed E-state index contributed by atoms with van der Waals surface area (Å²) in [5, 5.41) is 22.5. The largest absolute Gasteiger partial charge is 0.507 e. The van der Waals surface area contributed by atoms with E-state index in [1.54, 1.807) is 24.3 Å². The Morgan fingerprint density at radius 2 is 1.86 bits per heavy atom. The van der Waals surface area contributed by atoms with Gasteiger partial charge < -0.3 is 10.2 Å². The molecule has 7 heteroatoms. The Morgan fingerprint density at radius 1 is 1.17 bits per heavy atom. The molecule has 0 radical (unpaired) electrons. The molecule has 6 nitrogen and oxygen atoms in total. The van der Waals surface area contributed by atoms with Gasteiger partial charge in [0.15, 0.2) is 0 Å². The maximum absolute atomic E-state index is 13.5. The monoisotopic (exact) mass is 511 g/mol. The van der Waals surface area contributed by atoms with Crippen molar-refractivity contribution < 1.29 is 23.4 Å². The Bertz CT molecular complexity index is 1250. The van der Waals surface area contributed by atoms with E-state index in [-0.39, 0.29) is 28.5 Å². The number of phenolic OH excluding ortho intramolecular Hbond substituents is 2. The highest BCUT2D eigenvalue weighted by Gasteiger charge is 2.35. The minimum atomic E-state index is -4.41. The van der Waals surface area contributed by atoms with Crippen LogP contribution in [0.2, 0.25) is 0 Å². The SMILES string of the molecule is C=C(C)C1CCC(C)=CC1c1c(O)cc(CCCCC)c(S(=O)(=O)NC(=O)Cc2ccccc2)c1O. The predicted octanol–water partition coefficient (Wildman–Crippen LogP) is 5.89. The topological polar surface area (TPSA) is 104 Å². The van der Waals surface area contributed by atoms with Crippen LogP contribution >= 0.6 is 0 Å². The first kappa shape index (κ1) is 27.5. The first-order valence-corrected chi connectivity index (χ1v) is 14.0. The number of unbranched alkanes of at least 4 members (excludes halogenated alkanes) is 2. The van der Waals surface area contributed by atoms with Gasteiger partial charge in [-0.3, -0.25) is 4.79 Å². The Hall–Kier alpha value is -3.06. The van der Waals surface area contributed by atoms with Crippen LogP contribution in [0.25, 0.3) is 0 Å². The molecule has 0 saturated carbocycles. The molecule has 2 atom stereocenters. The van der Waals surface area contributed by atoms with Gasteiger partial charge in [-0.1, -0.05) is 73.9 Å². The Labute approximate surface area is 214 Å². The van der Waals surface area contributed by atoms with Crippen molar-refractivity contribution in [2.75, 3.05) is 0 Å². The van der Waals surface area contributed by atoms with Crippen molar-refractivity contribution >= 4 is 15.9 Å². The van der Waals surface area contributed by atoms with Gasteiger partial charge in [0.1, 0.15) is 16.4 Å². The average molecular weight is 512 g/mol. The Kier molecular flexibility index (Phi) is 9.01. The molecule has 0 fully saturated rings. The van der Waals surface area contributed by atoms with Gasteiger partial charge in [0.05, 0.1) is 6.42 Å². The van der Waals surface area contributed by atoms with Gasteiger partial charge in [0, 0.05) is 11.5 Å². The molecule has 3 rings (SSSR count). The van der Waals surface area contributed by atoms with E-state index in [2.05, 4.69) is 11.3 Å². The van der Waals surface area contributed by atoms with E-state index in [0.29, 0.717) is 24.0 Å². The zero-order valence-corrected chi connectivity index (χ0v) is 22.2. The third-order valence-corrected chi connectivity index (χ3v) is 8.33. The summed E-state index contributed by atoms with van der Waals surface area (Å²) in [6.45, 7) is 10.0. The highest BCUT2D eigenvalue weighted by atomic mass is 32.2. The van der Waals surface area contributed by atoms with E-state index in [9.17, 15) is 23.4 Å². The van der Waals surface area contributed by atoms with Crippen molar-refractivity contribution in [1.82, 2.24) is 4.72 Å². The second-order valence-corrected chi connectivity index (χ2v) is 11.4. The van der Waals surface area contributed by atoms with E-state index in [1.807, 2.05) is 32.9 Å². The molecule has 3 N–H and O–H groups in total. The van der Waals surface area contributed by atoms with Crippen molar-refractivity contribution in [3.05, 3.63) is 76.9 Å². The molecule has 1 aliphatic rings. The molecule has 0 heterocycles. The fraction of sp³-hybridized carbons (Fsp3) is 0.414. The number of carbonyl (C=O) groups excluding carboxylic acids is 1. The van der Waals surface area contributed by atoms with E-state index in [1.165, 1.54) is 6.07 Å². The number of phenols is 2. The molecule has 2 aromatic carbocycles. The van der Waals surface area contributed by atoms with Crippen molar-refractivity contribution in [3.63, 3.8) is 0 Å². The maximum atomic E-state index is 13.5. The molecule has 2 unspecified atom stereocenters. The number of allylic oxidation sites excluding steroid dienone is 3. The minimum absolute atomic E-state index is 0.0559. The van der Waals surface area contributed by atoms with Gasteiger partial charge >= 0.3 is 0 Å². The smallest absolute Gasteiger partial charge is 0.268 e. The lowest BCUT2D eigenvalue weighted by molar-refractivity contribution is -0.118. The van der Waals surface area contributed by atoms with Crippen LogP contribution in [0.5, 0.6) is 11.5 Å². The number of nitrogens with one attached hydrogen (secondary N) is 1. The fourth-order valence-electron chi connectivity index (χ4n) is 5.01. The van der Waals surface area contributed by atoms with Gasteiger partial charge in [-0.05, 0) is 62.6 Å². The molecule has 36 heavy (non-hydrogen) atoms. The van der Waals surface area contributed by atoms with Crippen molar-refractivity contribution in [1.29, 1.82) is 0 Å². The highest BCUT2D eigenvalue weighted by molar-refractivity contribution is 7.90. The summed E-state index contributed by atoms with van der Waals surface area (Å²) in [4.78, 5) is 12.4. The quantitative estimate of drug-likeness (QED) is 0.272.